The van der Waals surface area contributed by atoms with E-state index < -0.39 is 0 Å². The van der Waals surface area contributed by atoms with Crippen molar-refractivity contribution in [1.82, 2.24) is 19.8 Å². The topological polar surface area (TPSA) is 49.3 Å². The fraction of sp³-hybridized carbons (Fsp3) is 0.464. The number of hydrogen-bond donors (Lipinski definition) is 0. The number of aromatic nitrogens is 2. The lowest BCUT2D eigenvalue weighted by atomic mass is 10.0. The molecule has 2 aromatic rings. The van der Waals surface area contributed by atoms with Gasteiger partial charge in [-0.2, -0.15) is 0 Å². The molecular formula is C28H39ClN4O. The van der Waals surface area contributed by atoms with E-state index >= 15 is 0 Å². The third-order valence-corrected chi connectivity index (χ3v) is 7.12. The average Bonchev–Trinajstić information content (AvgIpc) is 3.40. The van der Waals surface area contributed by atoms with Crippen molar-refractivity contribution in [3.05, 3.63) is 83.9 Å². The van der Waals surface area contributed by atoms with Crippen LogP contribution >= 0.6 is 11.6 Å². The molecule has 0 aliphatic carbocycles. The van der Waals surface area contributed by atoms with Gasteiger partial charge in [-0.05, 0) is 75.6 Å². The van der Waals surface area contributed by atoms with Crippen molar-refractivity contribution in [2.45, 2.75) is 40.0 Å². The lowest BCUT2D eigenvalue weighted by Crippen LogP contribution is -2.34. The van der Waals surface area contributed by atoms with Crippen LogP contribution in [0.3, 0.4) is 0 Å². The van der Waals surface area contributed by atoms with E-state index in [-0.39, 0.29) is 5.91 Å². The van der Waals surface area contributed by atoms with E-state index in [9.17, 15) is 4.79 Å². The zero-order valence-electron chi connectivity index (χ0n) is 21.0. The number of benzene rings is 1. The average molecular weight is 483 g/mol. The van der Waals surface area contributed by atoms with Crippen molar-refractivity contribution >= 4 is 17.5 Å². The van der Waals surface area contributed by atoms with Gasteiger partial charge in [0.05, 0.1) is 17.0 Å². The van der Waals surface area contributed by atoms with Crippen LogP contribution in [-0.4, -0.2) is 58.4 Å². The maximum atomic E-state index is 13.0. The van der Waals surface area contributed by atoms with Crippen LogP contribution in [0.5, 0.6) is 0 Å². The summed E-state index contributed by atoms with van der Waals surface area (Å²) in [6, 6.07) is 6.40. The molecule has 34 heavy (non-hydrogen) atoms. The molecule has 2 aliphatic heterocycles. The molecule has 1 aromatic heterocycles. The van der Waals surface area contributed by atoms with Gasteiger partial charge in [-0.15, -0.1) is 26.3 Å². The molecule has 2 saturated heterocycles. The van der Waals surface area contributed by atoms with E-state index in [0.29, 0.717) is 17.4 Å². The number of nitrogens with zero attached hydrogens (tertiary/aromatic N) is 4. The number of aryl methyl sites for hydroxylation is 4. The number of rotatable bonds is 6. The second-order valence-corrected chi connectivity index (χ2v) is 9.36. The Morgan fingerprint density at radius 1 is 0.971 bits per heavy atom. The van der Waals surface area contributed by atoms with Gasteiger partial charge in [0.25, 0.3) is 5.91 Å². The highest BCUT2D eigenvalue weighted by Gasteiger charge is 2.41. The molecule has 5 nitrogen and oxygen atoms in total. The van der Waals surface area contributed by atoms with E-state index in [1.807, 2.05) is 25.7 Å². The van der Waals surface area contributed by atoms with Crippen LogP contribution in [0.4, 0.5) is 0 Å². The van der Waals surface area contributed by atoms with Gasteiger partial charge in [0.2, 0.25) is 0 Å². The summed E-state index contributed by atoms with van der Waals surface area (Å²) in [4.78, 5) is 26.1. The Hall–Kier alpha value is -2.50. The zero-order chi connectivity index (χ0) is 25.3. The highest BCUT2D eigenvalue weighted by atomic mass is 35.5. The van der Waals surface area contributed by atoms with Crippen LogP contribution in [0.1, 0.15) is 45.7 Å². The monoisotopic (exact) mass is 482 g/mol. The highest BCUT2D eigenvalue weighted by Crippen LogP contribution is 2.32. The van der Waals surface area contributed by atoms with Gasteiger partial charge in [-0.25, -0.2) is 9.97 Å². The van der Waals surface area contributed by atoms with Crippen LogP contribution in [-0.2, 0) is 6.42 Å². The summed E-state index contributed by atoms with van der Waals surface area (Å²) in [5, 5.41) is 0.867. The Morgan fingerprint density at radius 3 is 2.12 bits per heavy atom. The molecular weight excluding hydrogens is 444 g/mol. The Kier molecular flexibility index (Phi) is 10.9. The number of unbranched alkanes of at least 4 members (excludes halogenated alkanes) is 1. The lowest BCUT2D eigenvalue weighted by Gasteiger charge is -2.22. The molecule has 1 aromatic carbocycles. The smallest absolute Gasteiger partial charge is 0.257 e. The van der Waals surface area contributed by atoms with Crippen molar-refractivity contribution in [3.63, 3.8) is 0 Å². The summed E-state index contributed by atoms with van der Waals surface area (Å²) in [5.41, 5.74) is 4.71. The first-order chi connectivity index (χ1) is 16.4. The van der Waals surface area contributed by atoms with E-state index in [0.717, 1.165) is 61.1 Å². The molecule has 4 rings (SSSR count). The molecule has 184 valence electrons. The van der Waals surface area contributed by atoms with Crippen molar-refractivity contribution in [1.29, 1.82) is 0 Å². The van der Waals surface area contributed by atoms with E-state index in [1.165, 1.54) is 24.7 Å². The van der Waals surface area contributed by atoms with Crippen molar-refractivity contribution in [3.8, 4) is 0 Å². The normalized spacial score (nSPS) is 19.0. The van der Waals surface area contributed by atoms with Gasteiger partial charge < -0.3 is 9.80 Å². The Labute approximate surface area is 210 Å². The molecule has 2 unspecified atom stereocenters. The van der Waals surface area contributed by atoms with Gasteiger partial charge in [-0.1, -0.05) is 23.7 Å². The number of carbonyl (C=O) groups is 1. The summed E-state index contributed by atoms with van der Waals surface area (Å²) < 4.78 is 0. The fourth-order valence-electron chi connectivity index (χ4n) is 4.96. The minimum Gasteiger partial charge on any atom is -0.338 e. The Morgan fingerprint density at radius 2 is 1.56 bits per heavy atom. The summed E-state index contributed by atoms with van der Waals surface area (Å²) in [6.07, 6.45) is 5.00. The third kappa shape index (κ3) is 6.77. The fourth-order valence-corrected chi connectivity index (χ4v) is 5.16. The summed E-state index contributed by atoms with van der Waals surface area (Å²) in [6.45, 7) is 22.9. The second-order valence-electron chi connectivity index (χ2n) is 8.95. The number of hydrogen-bond acceptors (Lipinski definition) is 4. The summed E-state index contributed by atoms with van der Waals surface area (Å²) >= 11 is 6.23. The SMILES string of the molecule is C=C.C=C.Cc1ccc(CCCCN2CC3CN(C(=O)c4c(C)ncnc4C)CC3C2)cc1Cl. The molecule has 0 spiro atoms. The number of carbonyl (C=O) groups excluding carboxylic acids is 1. The van der Waals surface area contributed by atoms with Gasteiger partial charge in [0.1, 0.15) is 6.33 Å². The summed E-state index contributed by atoms with van der Waals surface area (Å²) in [5.74, 6) is 1.29. The van der Waals surface area contributed by atoms with E-state index in [1.54, 1.807) is 0 Å². The number of fused-ring (bicyclic) bond motifs is 1. The minimum atomic E-state index is 0.100. The van der Waals surface area contributed by atoms with E-state index in [2.05, 4.69) is 59.4 Å². The van der Waals surface area contributed by atoms with Crippen LogP contribution in [0.2, 0.25) is 5.02 Å². The molecule has 6 heteroatoms. The predicted molar refractivity (Wildman–Crippen MR) is 142 cm³/mol. The van der Waals surface area contributed by atoms with Gasteiger partial charge in [-0.3, -0.25) is 4.79 Å². The quantitative estimate of drug-likeness (QED) is 0.392. The maximum Gasteiger partial charge on any atom is 0.257 e. The molecule has 2 aliphatic rings. The third-order valence-electron chi connectivity index (χ3n) is 6.72. The Balaban J connectivity index is 0.000000970. The molecule has 0 saturated carbocycles. The second kappa shape index (κ2) is 13.4. The first-order valence-electron chi connectivity index (χ1n) is 12.0. The largest absolute Gasteiger partial charge is 0.338 e. The van der Waals surface area contributed by atoms with Crippen molar-refractivity contribution < 1.29 is 4.79 Å². The van der Waals surface area contributed by atoms with E-state index in [4.69, 9.17) is 11.6 Å². The molecule has 0 bridgehead atoms. The summed E-state index contributed by atoms with van der Waals surface area (Å²) in [7, 11) is 0. The van der Waals surface area contributed by atoms with Gasteiger partial charge >= 0.3 is 0 Å². The number of likely N-dealkylation sites (tertiary alicyclic amines) is 2. The minimum absolute atomic E-state index is 0.100. The highest BCUT2D eigenvalue weighted by molar-refractivity contribution is 6.31. The molecule has 2 atom stereocenters. The molecule has 0 radical (unpaired) electrons. The molecule has 1 amide bonds. The lowest BCUT2D eigenvalue weighted by molar-refractivity contribution is 0.0771. The predicted octanol–water partition coefficient (Wildman–Crippen LogP) is 5.69. The van der Waals surface area contributed by atoms with Crippen LogP contribution in [0.25, 0.3) is 0 Å². The number of halogens is 1. The van der Waals surface area contributed by atoms with Crippen molar-refractivity contribution in [2.75, 3.05) is 32.7 Å². The first-order valence-corrected chi connectivity index (χ1v) is 12.3. The maximum absolute atomic E-state index is 13.0. The van der Waals surface area contributed by atoms with Crippen LogP contribution in [0.15, 0.2) is 50.8 Å². The van der Waals surface area contributed by atoms with Crippen LogP contribution < -0.4 is 0 Å². The Bertz CT molecular complexity index is 927. The van der Waals surface area contributed by atoms with Crippen molar-refractivity contribution in [2.24, 2.45) is 11.8 Å². The number of amides is 1. The van der Waals surface area contributed by atoms with Gasteiger partial charge in [0.15, 0.2) is 0 Å². The van der Waals surface area contributed by atoms with Crippen LogP contribution in [0, 0.1) is 32.6 Å². The first kappa shape index (κ1) is 27.7. The standard InChI is InChI=1S/C24H31ClN4O.2C2H4/c1-16-7-8-19(10-22(16)25)6-4-5-9-28-11-20-13-29(14-21(20)12-28)24(30)23-17(2)26-15-27-18(23)3;2*1-2/h7-8,10,15,20-21H,4-6,9,11-14H2,1-3H3;2*1-2H2. The zero-order valence-corrected chi connectivity index (χ0v) is 21.8. The molecule has 3 heterocycles. The molecule has 0 N–H and O–H groups in total. The van der Waals surface area contributed by atoms with Gasteiger partial charge in [0, 0.05) is 31.2 Å². The molecule has 2 fully saturated rings.